The minimum absolute atomic E-state index is 0.0126. The zero-order valence-electron chi connectivity index (χ0n) is 16.2. The van der Waals surface area contributed by atoms with Gasteiger partial charge in [0, 0.05) is 39.2 Å². The quantitative estimate of drug-likeness (QED) is 0.715. The molecule has 0 radical (unpaired) electrons. The number of halogens is 3. The summed E-state index contributed by atoms with van der Waals surface area (Å²) >= 11 is 0. The second kappa shape index (κ2) is 8.61. The highest BCUT2D eigenvalue weighted by molar-refractivity contribution is 7.89. The number of sulfonamides is 1. The van der Waals surface area contributed by atoms with Crippen molar-refractivity contribution in [3.8, 4) is 0 Å². The summed E-state index contributed by atoms with van der Waals surface area (Å²) in [6.07, 6.45) is -2.29. The lowest BCUT2D eigenvalue weighted by molar-refractivity contribution is -0.140. The van der Waals surface area contributed by atoms with Gasteiger partial charge >= 0.3 is 6.18 Å². The number of hydrogen-bond donors (Lipinski definition) is 0. The van der Waals surface area contributed by atoms with Crippen LogP contribution in [0.5, 0.6) is 0 Å². The summed E-state index contributed by atoms with van der Waals surface area (Å²) in [6.45, 7) is 1.22. The predicted octanol–water partition coefficient (Wildman–Crippen LogP) is 2.74. The molecule has 2 fully saturated rings. The van der Waals surface area contributed by atoms with E-state index >= 15 is 0 Å². The lowest BCUT2D eigenvalue weighted by Gasteiger charge is -2.33. The standard InChI is InChI=1S/C19H25F3N2O4S/c1-23(13-15-5-4-12-28-15)18(25)14-8-10-24(11-9-14)29(26,27)17-7-3-2-6-16(17)19(20,21)22/h2-3,6-7,14-15H,4-5,8-13H2,1H3. The predicted molar refractivity (Wildman–Crippen MR) is 99.5 cm³/mol. The van der Waals surface area contributed by atoms with Crippen LogP contribution in [0.3, 0.4) is 0 Å². The number of alkyl halides is 3. The monoisotopic (exact) mass is 434 g/mol. The molecule has 10 heteroatoms. The molecule has 2 heterocycles. The van der Waals surface area contributed by atoms with E-state index in [1.165, 1.54) is 6.07 Å². The second-order valence-corrected chi connectivity index (χ2v) is 9.43. The third kappa shape index (κ3) is 4.92. The van der Waals surface area contributed by atoms with E-state index in [0.29, 0.717) is 13.2 Å². The first-order chi connectivity index (χ1) is 13.6. The Morgan fingerprint density at radius 1 is 1.21 bits per heavy atom. The Morgan fingerprint density at radius 3 is 2.45 bits per heavy atom. The van der Waals surface area contributed by atoms with E-state index in [-0.39, 0.29) is 43.9 Å². The van der Waals surface area contributed by atoms with Crippen LogP contribution in [0.25, 0.3) is 0 Å². The van der Waals surface area contributed by atoms with Gasteiger partial charge in [-0.05, 0) is 37.8 Å². The van der Waals surface area contributed by atoms with Crippen LogP contribution in [-0.2, 0) is 25.7 Å². The zero-order chi connectivity index (χ0) is 21.2. The topological polar surface area (TPSA) is 66.9 Å². The zero-order valence-corrected chi connectivity index (χ0v) is 17.0. The Balaban J connectivity index is 1.65. The molecule has 1 unspecified atom stereocenters. The Labute approximate surface area is 168 Å². The van der Waals surface area contributed by atoms with Gasteiger partial charge < -0.3 is 9.64 Å². The minimum atomic E-state index is -4.76. The van der Waals surface area contributed by atoms with Gasteiger partial charge in [-0.3, -0.25) is 4.79 Å². The molecule has 2 aliphatic heterocycles. The molecule has 0 N–H and O–H groups in total. The molecule has 2 saturated heterocycles. The number of amides is 1. The molecule has 0 saturated carbocycles. The summed E-state index contributed by atoms with van der Waals surface area (Å²) in [4.78, 5) is 13.5. The smallest absolute Gasteiger partial charge is 0.376 e. The number of piperidine rings is 1. The SMILES string of the molecule is CN(CC1CCCO1)C(=O)C1CCN(S(=O)(=O)c2ccccc2C(F)(F)F)CC1. The van der Waals surface area contributed by atoms with Gasteiger partial charge in [0.2, 0.25) is 15.9 Å². The molecule has 0 spiro atoms. The number of carbonyl (C=O) groups is 1. The van der Waals surface area contributed by atoms with E-state index in [0.717, 1.165) is 35.3 Å². The fraction of sp³-hybridized carbons (Fsp3) is 0.632. The van der Waals surface area contributed by atoms with E-state index in [1.807, 2.05) is 0 Å². The molecular weight excluding hydrogens is 409 g/mol. The second-order valence-electron chi connectivity index (χ2n) is 7.53. The van der Waals surface area contributed by atoms with E-state index in [2.05, 4.69) is 0 Å². The highest BCUT2D eigenvalue weighted by atomic mass is 32.2. The number of nitrogens with zero attached hydrogens (tertiary/aromatic N) is 2. The molecule has 6 nitrogen and oxygen atoms in total. The molecular formula is C19H25F3N2O4S. The first-order valence-corrected chi connectivity index (χ1v) is 11.1. The summed E-state index contributed by atoms with van der Waals surface area (Å²) in [6, 6.07) is 4.18. The third-order valence-electron chi connectivity index (χ3n) is 5.49. The first kappa shape index (κ1) is 22.0. The van der Waals surface area contributed by atoms with Crippen LogP contribution in [-0.4, -0.2) is 62.9 Å². The first-order valence-electron chi connectivity index (χ1n) is 9.63. The number of carbonyl (C=O) groups excluding carboxylic acids is 1. The Morgan fingerprint density at radius 2 is 1.86 bits per heavy atom. The van der Waals surface area contributed by atoms with Crippen LogP contribution in [0.4, 0.5) is 13.2 Å². The van der Waals surface area contributed by atoms with Crippen molar-refractivity contribution in [2.75, 3.05) is 33.3 Å². The van der Waals surface area contributed by atoms with E-state index < -0.39 is 26.7 Å². The van der Waals surface area contributed by atoms with Crippen molar-refractivity contribution >= 4 is 15.9 Å². The maximum atomic E-state index is 13.2. The van der Waals surface area contributed by atoms with Crippen LogP contribution in [0, 0.1) is 5.92 Å². The normalized spacial score (nSPS) is 22.0. The van der Waals surface area contributed by atoms with Gasteiger partial charge in [0.05, 0.1) is 16.6 Å². The summed E-state index contributed by atoms with van der Waals surface area (Å²) in [5.41, 5.74) is -1.17. The number of ether oxygens (including phenoxy) is 1. The van der Waals surface area contributed by atoms with Gasteiger partial charge in [0.1, 0.15) is 0 Å². The third-order valence-corrected chi connectivity index (χ3v) is 7.45. The lowest BCUT2D eigenvalue weighted by Crippen LogP contribution is -2.45. The molecule has 1 aromatic carbocycles. The van der Waals surface area contributed by atoms with Gasteiger partial charge in [-0.1, -0.05) is 12.1 Å². The van der Waals surface area contributed by atoms with Gasteiger partial charge in [-0.15, -0.1) is 0 Å². The fourth-order valence-corrected chi connectivity index (χ4v) is 5.59. The number of hydrogen-bond acceptors (Lipinski definition) is 4. The highest BCUT2D eigenvalue weighted by Crippen LogP contribution is 2.36. The van der Waals surface area contributed by atoms with Crippen molar-refractivity contribution in [1.29, 1.82) is 0 Å². The fourth-order valence-electron chi connectivity index (χ4n) is 3.90. The molecule has 2 aliphatic rings. The number of rotatable bonds is 5. The average molecular weight is 434 g/mol. The van der Waals surface area contributed by atoms with Crippen molar-refractivity contribution in [2.45, 2.75) is 42.9 Å². The summed E-state index contributed by atoms with van der Waals surface area (Å²) in [7, 11) is -2.59. The van der Waals surface area contributed by atoms with Gasteiger partial charge in [-0.25, -0.2) is 8.42 Å². The molecule has 0 bridgehead atoms. The minimum Gasteiger partial charge on any atom is -0.376 e. The molecule has 3 rings (SSSR count). The molecule has 0 aliphatic carbocycles. The average Bonchev–Trinajstić information content (AvgIpc) is 3.20. The maximum absolute atomic E-state index is 13.2. The van der Waals surface area contributed by atoms with Crippen LogP contribution in [0.15, 0.2) is 29.2 Å². The van der Waals surface area contributed by atoms with Gasteiger partial charge in [0.15, 0.2) is 0 Å². The van der Waals surface area contributed by atoms with E-state index in [1.54, 1.807) is 11.9 Å². The number of benzene rings is 1. The van der Waals surface area contributed by atoms with Crippen molar-refractivity contribution in [3.05, 3.63) is 29.8 Å². The van der Waals surface area contributed by atoms with Crippen molar-refractivity contribution < 1.29 is 31.1 Å². The van der Waals surface area contributed by atoms with Crippen LogP contribution < -0.4 is 0 Å². The molecule has 162 valence electrons. The molecule has 29 heavy (non-hydrogen) atoms. The van der Waals surface area contributed by atoms with Crippen LogP contribution in [0.1, 0.15) is 31.2 Å². The largest absolute Gasteiger partial charge is 0.417 e. The summed E-state index contributed by atoms with van der Waals surface area (Å²) < 4.78 is 71.9. The van der Waals surface area contributed by atoms with Gasteiger partial charge in [-0.2, -0.15) is 17.5 Å². The van der Waals surface area contributed by atoms with Crippen LogP contribution >= 0.6 is 0 Å². The maximum Gasteiger partial charge on any atom is 0.417 e. The van der Waals surface area contributed by atoms with E-state index in [4.69, 9.17) is 4.74 Å². The van der Waals surface area contributed by atoms with Crippen molar-refractivity contribution in [1.82, 2.24) is 9.21 Å². The highest BCUT2D eigenvalue weighted by Gasteiger charge is 2.40. The molecule has 1 aromatic rings. The number of likely N-dealkylation sites (N-methyl/N-ethyl adjacent to an activating group) is 1. The van der Waals surface area contributed by atoms with E-state index in [9.17, 15) is 26.4 Å². The Bertz CT molecular complexity index is 830. The van der Waals surface area contributed by atoms with Gasteiger partial charge in [0.25, 0.3) is 0 Å². The Hall–Kier alpha value is -1.65. The Kier molecular flexibility index (Phi) is 6.54. The molecule has 1 atom stereocenters. The summed E-state index contributed by atoms with van der Waals surface area (Å²) in [5, 5.41) is 0. The lowest BCUT2D eigenvalue weighted by atomic mass is 9.96. The van der Waals surface area contributed by atoms with Crippen molar-refractivity contribution in [3.63, 3.8) is 0 Å². The van der Waals surface area contributed by atoms with Crippen molar-refractivity contribution in [2.24, 2.45) is 5.92 Å². The summed E-state index contributed by atoms with van der Waals surface area (Å²) in [5.74, 6) is -0.418. The molecule has 1 amide bonds. The molecule has 0 aromatic heterocycles. The van der Waals surface area contributed by atoms with Crippen LogP contribution in [0.2, 0.25) is 0 Å².